The zero-order chi connectivity index (χ0) is 19.3. The van der Waals surface area contributed by atoms with Crippen LogP contribution in [0.5, 0.6) is 0 Å². The van der Waals surface area contributed by atoms with E-state index in [1.807, 2.05) is 19.1 Å². The number of aliphatic carboxylic acids is 1. The van der Waals surface area contributed by atoms with Gasteiger partial charge >= 0.3 is 11.9 Å². The third-order valence-electron chi connectivity index (χ3n) is 4.49. The molecule has 3 atom stereocenters. The second-order valence-corrected chi connectivity index (χ2v) is 6.39. The van der Waals surface area contributed by atoms with Crippen LogP contribution in [0.3, 0.4) is 0 Å². The van der Waals surface area contributed by atoms with Crippen LogP contribution < -0.4 is 5.32 Å². The van der Waals surface area contributed by atoms with E-state index in [0.717, 1.165) is 12.0 Å². The Morgan fingerprint density at radius 2 is 2.00 bits per heavy atom. The summed E-state index contributed by atoms with van der Waals surface area (Å²) in [5.74, 6) is -1.81. The highest BCUT2D eigenvalue weighted by molar-refractivity contribution is 5.89. The van der Waals surface area contributed by atoms with Crippen molar-refractivity contribution >= 4 is 17.8 Å². The molecule has 0 aliphatic carbocycles. The van der Waals surface area contributed by atoms with E-state index in [-0.39, 0.29) is 19.1 Å². The van der Waals surface area contributed by atoms with Gasteiger partial charge in [-0.2, -0.15) is 0 Å². The van der Waals surface area contributed by atoms with Gasteiger partial charge in [-0.25, -0.2) is 4.79 Å². The Labute approximate surface area is 153 Å². The molecule has 0 spiro atoms. The molecule has 2 unspecified atom stereocenters. The second kappa shape index (κ2) is 8.80. The largest absolute Gasteiger partial charge is 0.479 e. The molecule has 0 saturated carbocycles. The van der Waals surface area contributed by atoms with Crippen molar-refractivity contribution in [2.24, 2.45) is 0 Å². The fourth-order valence-corrected chi connectivity index (χ4v) is 3.28. The average molecular weight is 362 g/mol. The highest BCUT2D eigenvalue weighted by Crippen LogP contribution is 2.34. The lowest BCUT2D eigenvalue weighted by Crippen LogP contribution is -2.51. The summed E-state index contributed by atoms with van der Waals surface area (Å²) < 4.78 is 5.05. The minimum absolute atomic E-state index is 0.246. The van der Waals surface area contributed by atoms with Crippen molar-refractivity contribution in [3.8, 4) is 0 Å². The molecular weight excluding hydrogens is 336 g/mol. The molecule has 142 valence electrons. The Morgan fingerprint density at radius 3 is 2.62 bits per heavy atom. The molecule has 7 nitrogen and oxygen atoms in total. The third kappa shape index (κ3) is 4.22. The summed E-state index contributed by atoms with van der Waals surface area (Å²) in [5.41, 5.74) is 1.46. The number of carboxylic acid groups (broad SMARTS) is 1. The van der Waals surface area contributed by atoms with Crippen LogP contribution in [-0.2, 0) is 25.7 Å². The lowest BCUT2D eigenvalue weighted by atomic mass is 10.1. The van der Waals surface area contributed by atoms with Gasteiger partial charge in [-0.05, 0) is 31.4 Å². The molecule has 7 heteroatoms. The van der Waals surface area contributed by atoms with Crippen molar-refractivity contribution in [1.29, 1.82) is 0 Å². The minimum Gasteiger partial charge on any atom is -0.479 e. The predicted octanol–water partition coefficient (Wildman–Crippen LogP) is 1.86. The molecule has 1 heterocycles. The van der Waals surface area contributed by atoms with Crippen LogP contribution >= 0.6 is 0 Å². The number of carboxylic acids is 1. The molecule has 0 aromatic heterocycles. The van der Waals surface area contributed by atoms with Gasteiger partial charge < -0.3 is 14.7 Å². The fourth-order valence-electron chi connectivity index (χ4n) is 3.28. The van der Waals surface area contributed by atoms with Crippen molar-refractivity contribution in [1.82, 2.24) is 10.2 Å². The highest BCUT2D eigenvalue weighted by Gasteiger charge is 2.40. The number of esters is 1. The predicted molar refractivity (Wildman–Crippen MR) is 95.3 cm³/mol. The summed E-state index contributed by atoms with van der Waals surface area (Å²) >= 11 is 0. The van der Waals surface area contributed by atoms with Crippen LogP contribution in [0.2, 0.25) is 0 Å². The number of nitrogens with one attached hydrogen (secondary N) is 1. The molecule has 0 radical (unpaired) electrons. The zero-order valence-corrected chi connectivity index (χ0v) is 15.4. The van der Waals surface area contributed by atoms with E-state index in [1.165, 1.54) is 4.90 Å². The van der Waals surface area contributed by atoms with Crippen molar-refractivity contribution < 1.29 is 24.2 Å². The first kappa shape index (κ1) is 19.9. The first-order valence-corrected chi connectivity index (χ1v) is 8.94. The van der Waals surface area contributed by atoms with Gasteiger partial charge in [0, 0.05) is 6.54 Å². The number of nitrogens with zero attached hydrogens (tertiary/aromatic N) is 1. The standard InChI is InChI=1S/C19H26N2O5/c1-4-8-15(19(25)26-5-2)20-12(3)17(22)21-11-13-9-6-7-10-14(13)16(21)18(23)24/h6-7,9-10,12,15-16,20H,4-5,8,11H2,1-3H3,(H,23,24)/t12?,15-,16?/m0/s1. The number of carbonyl (C=O) groups excluding carboxylic acids is 2. The monoisotopic (exact) mass is 362 g/mol. The van der Waals surface area contributed by atoms with Crippen LogP contribution in [0.25, 0.3) is 0 Å². The molecule has 0 saturated heterocycles. The molecule has 1 amide bonds. The normalized spacial score (nSPS) is 18.1. The molecule has 1 aliphatic heterocycles. The van der Waals surface area contributed by atoms with Crippen LogP contribution in [0.1, 0.15) is 50.8 Å². The van der Waals surface area contributed by atoms with E-state index in [4.69, 9.17) is 4.74 Å². The number of fused-ring (bicyclic) bond motifs is 1. The van der Waals surface area contributed by atoms with Crippen molar-refractivity contribution in [3.05, 3.63) is 35.4 Å². The van der Waals surface area contributed by atoms with Gasteiger partial charge in [-0.15, -0.1) is 0 Å². The topological polar surface area (TPSA) is 95.9 Å². The van der Waals surface area contributed by atoms with Gasteiger partial charge in [0.15, 0.2) is 6.04 Å². The summed E-state index contributed by atoms with van der Waals surface area (Å²) in [5, 5.41) is 12.6. The van der Waals surface area contributed by atoms with Gasteiger partial charge in [0.05, 0.1) is 12.6 Å². The lowest BCUT2D eigenvalue weighted by molar-refractivity contribution is -0.152. The molecule has 0 fully saturated rings. The Balaban J connectivity index is 2.14. The fraction of sp³-hybridized carbons (Fsp3) is 0.526. The maximum atomic E-state index is 12.9. The lowest BCUT2D eigenvalue weighted by Gasteiger charge is -2.28. The van der Waals surface area contributed by atoms with Crippen LogP contribution in [0, 0.1) is 0 Å². The van der Waals surface area contributed by atoms with E-state index in [9.17, 15) is 19.5 Å². The summed E-state index contributed by atoms with van der Waals surface area (Å²) in [6, 6.07) is 4.86. The number of amides is 1. The smallest absolute Gasteiger partial charge is 0.331 e. The van der Waals surface area contributed by atoms with E-state index in [2.05, 4.69) is 5.32 Å². The first-order chi connectivity index (χ1) is 12.4. The highest BCUT2D eigenvalue weighted by atomic mass is 16.5. The van der Waals surface area contributed by atoms with Crippen LogP contribution in [0.15, 0.2) is 24.3 Å². The molecular formula is C19H26N2O5. The van der Waals surface area contributed by atoms with E-state index < -0.39 is 30.1 Å². The maximum absolute atomic E-state index is 12.9. The number of hydrogen-bond acceptors (Lipinski definition) is 5. The van der Waals surface area contributed by atoms with Crippen molar-refractivity contribution in [2.45, 2.75) is 58.3 Å². The molecule has 26 heavy (non-hydrogen) atoms. The SMILES string of the molecule is CCC[C@H](NC(C)C(=O)N1Cc2ccccc2C1C(=O)O)C(=O)OCC. The number of ether oxygens (including phenoxy) is 1. The van der Waals surface area contributed by atoms with Crippen molar-refractivity contribution in [3.63, 3.8) is 0 Å². The quantitative estimate of drug-likeness (QED) is 0.686. The molecule has 2 N–H and O–H groups in total. The number of carbonyl (C=O) groups is 3. The Bertz CT molecular complexity index is 676. The number of benzene rings is 1. The van der Waals surface area contributed by atoms with E-state index >= 15 is 0 Å². The summed E-state index contributed by atoms with van der Waals surface area (Å²) in [6.45, 7) is 5.83. The first-order valence-electron chi connectivity index (χ1n) is 8.94. The van der Waals surface area contributed by atoms with Gasteiger partial charge in [0.25, 0.3) is 0 Å². The summed E-state index contributed by atoms with van der Waals surface area (Å²) in [4.78, 5) is 38.0. The molecule has 0 bridgehead atoms. The Hall–Kier alpha value is -2.41. The molecule has 1 aromatic rings. The van der Waals surface area contributed by atoms with Gasteiger partial charge in [0.1, 0.15) is 6.04 Å². The summed E-state index contributed by atoms with van der Waals surface area (Å²) in [6.07, 6.45) is 1.29. The maximum Gasteiger partial charge on any atom is 0.331 e. The molecule has 2 rings (SSSR count). The van der Waals surface area contributed by atoms with E-state index in [0.29, 0.717) is 12.0 Å². The van der Waals surface area contributed by atoms with Crippen molar-refractivity contribution in [2.75, 3.05) is 6.61 Å². The summed E-state index contributed by atoms with van der Waals surface area (Å²) in [7, 11) is 0. The molecule has 1 aliphatic rings. The van der Waals surface area contributed by atoms with Crippen LogP contribution in [0.4, 0.5) is 0 Å². The number of rotatable bonds is 8. The minimum atomic E-state index is -1.06. The van der Waals surface area contributed by atoms with Gasteiger partial charge in [-0.3, -0.25) is 14.9 Å². The Kier molecular flexibility index (Phi) is 6.74. The molecule has 1 aromatic carbocycles. The Morgan fingerprint density at radius 1 is 1.31 bits per heavy atom. The van der Waals surface area contributed by atoms with Crippen LogP contribution in [-0.4, -0.2) is 46.5 Å². The average Bonchev–Trinajstić information content (AvgIpc) is 3.00. The van der Waals surface area contributed by atoms with E-state index in [1.54, 1.807) is 26.0 Å². The van der Waals surface area contributed by atoms with Gasteiger partial charge in [0.2, 0.25) is 5.91 Å². The second-order valence-electron chi connectivity index (χ2n) is 6.39. The number of hydrogen-bond donors (Lipinski definition) is 2. The third-order valence-corrected chi connectivity index (χ3v) is 4.49. The zero-order valence-electron chi connectivity index (χ0n) is 15.4. The van der Waals surface area contributed by atoms with Gasteiger partial charge in [-0.1, -0.05) is 37.6 Å².